The smallest absolute Gasteiger partial charge is 0.231 e. The van der Waals surface area contributed by atoms with Gasteiger partial charge in [-0.05, 0) is 24.3 Å². The predicted octanol–water partition coefficient (Wildman–Crippen LogP) is 4.64. The average molecular weight is 393 g/mol. The number of aromatic nitrogens is 5. The van der Waals surface area contributed by atoms with Crippen LogP contribution in [0.1, 0.15) is 5.69 Å². The monoisotopic (exact) mass is 393 g/mol. The Bertz CT molecular complexity index is 1240. The van der Waals surface area contributed by atoms with Crippen molar-refractivity contribution in [3.63, 3.8) is 0 Å². The van der Waals surface area contributed by atoms with Crippen molar-refractivity contribution in [1.82, 2.24) is 24.6 Å². The summed E-state index contributed by atoms with van der Waals surface area (Å²) in [6, 6.07) is 16.0. The molecule has 0 unspecified atom stereocenters. The van der Waals surface area contributed by atoms with Crippen molar-refractivity contribution in [2.75, 3.05) is 7.11 Å². The van der Waals surface area contributed by atoms with Crippen LogP contribution in [0.3, 0.4) is 0 Å². The van der Waals surface area contributed by atoms with Gasteiger partial charge in [0.05, 0.1) is 23.8 Å². The minimum atomic E-state index is 0.743. The quantitative estimate of drug-likeness (QED) is 0.441. The van der Waals surface area contributed by atoms with E-state index in [1.807, 2.05) is 42.5 Å². The van der Waals surface area contributed by atoms with E-state index >= 15 is 0 Å². The van der Waals surface area contributed by atoms with Crippen molar-refractivity contribution >= 4 is 39.9 Å². The fourth-order valence-electron chi connectivity index (χ4n) is 2.94. The van der Waals surface area contributed by atoms with Gasteiger partial charge in [-0.25, -0.2) is 15.1 Å². The number of aromatic amines is 1. The first kappa shape index (κ1) is 16.3. The number of methoxy groups -OCH3 is 1. The van der Waals surface area contributed by atoms with Crippen molar-refractivity contribution in [2.24, 2.45) is 0 Å². The largest absolute Gasteiger partial charge is 0.497 e. The van der Waals surface area contributed by atoms with Crippen molar-refractivity contribution in [1.29, 1.82) is 0 Å². The highest BCUT2D eigenvalue weighted by Crippen LogP contribution is 2.30. The summed E-state index contributed by atoms with van der Waals surface area (Å²) in [7, 11) is 1.67. The lowest BCUT2D eigenvalue weighted by Crippen LogP contribution is -1.88. The van der Waals surface area contributed by atoms with Gasteiger partial charge in [0.25, 0.3) is 0 Å². The zero-order chi connectivity index (χ0) is 18.2. The molecule has 0 bridgehead atoms. The van der Waals surface area contributed by atoms with Crippen LogP contribution in [-0.2, 0) is 5.75 Å². The summed E-state index contributed by atoms with van der Waals surface area (Å²) in [5.74, 6) is 2.34. The first-order valence-electron chi connectivity index (χ1n) is 8.35. The number of fused-ring (bicyclic) bond motifs is 3. The first-order chi connectivity index (χ1) is 13.3. The molecule has 0 saturated heterocycles. The lowest BCUT2D eigenvalue weighted by Gasteiger charge is -2.01. The van der Waals surface area contributed by atoms with Gasteiger partial charge >= 0.3 is 0 Å². The lowest BCUT2D eigenvalue weighted by molar-refractivity contribution is 0.415. The van der Waals surface area contributed by atoms with Gasteiger partial charge in [0.2, 0.25) is 5.78 Å². The summed E-state index contributed by atoms with van der Waals surface area (Å²) in [5.41, 5.74) is 4.11. The fraction of sp³-hybridized carbons (Fsp3) is 0.105. The number of rotatable bonds is 5. The molecule has 0 atom stereocenters. The van der Waals surface area contributed by atoms with Gasteiger partial charge in [-0.2, -0.15) is 0 Å². The van der Waals surface area contributed by atoms with Crippen molar-refractivity contribution in [2.45, 2.75) is 10.9 Å². The molecule has 0 fully saturated rings. The van der Waals surface area contributed by atoms with Crippen LogP contribution in [-0.4, -0.2) is 31.7 Å². The van der Waals surface area contributed by atoms with E-state index in [0.29, 0.717) is 0 Å². The maximum atomic E-state index is 5.30. The van der Waals surface area contributed by atoms with Gasteiger partial charge in [0.15, 0.2) is 5.16 Å². The molecular weight excluding hydrogens is 378 g/mol. The SMILES string of the molecule is COc1cccc(-c2nc(CSc3n[nH]c4nc5ccccc5n34)cs2)c1. The number of nitrogens with one attached hydrogen (secondary N) is 1. The Morgan fingerprint density at radius 2 is 2.07 bits per heavy atom. The maximum absolute atomic E-state index is 5.30. The van der Waals surface area contributed by atoms with Crippen LogP contribution in [0.25, 0.3) is 27.4 Å². The van der Waals surface area contributed by atoms with Crippen LogP contribution in [0.5, 0.6) is 5.75 Å². The Labute approximate surface area is 163 Å². The van der Waals surface area contributed by atoms with Crippen LogP contribution in [0.2, 0.25) is 0 Å². The Hall–Kier alpha value is -2.84. The van der Waals surface area contributed by atoms with Crippen LogP contribution < -0.4 is 4.74 Å². The first-order valence-corrected chi connectivity index (χ1v) is 10.2. The number of thioether (sulfide) groups is 1. The number of benzene rings is 2. The Morgan fingerprint density at radius 3 is 3.00 bits per heavy atom. The Balaban J connectivity index is 1.39. The minimum absolute atomic E-state index is 0.743. The second-order valence-corrected chi connectivity index (χ2v) is 7.73. The molecule has 0 radical (unpaired) electrons. The zero-order valence-corrected chi connectivity index (χ0v) is 16.0. The van der Waals surface area contributed by atoms with E-state index < -0.39 is 0 Å². The predicted molar refractivity (Wildman–Crippen MR) is 109 cm³/mol. The molecule has 0 aliphatic carbocycles. The normalized spacial score (nSPS) is 11.4. The van der Waals surface area contributed by atoms with Crippen molar-refractivity contribution in [3.8, 4) is 16.3 Å². The average Bonchev–Trinajstić information content (AvgIpc) is 3.42. The zero-order valence-electron chi connectivity index (χ0n) is 14.4. The number of imidazole rings is 1. The van der Waals surface area contributed by atoms with Crippen LogP contribution >= 0.6 is 23.1 Å². The summed E-state index contributed by atoms with van der Waals surface area (Å²) in [5, 5.41) is 11.4. The molecule has 3 heterocycles. The highest BCUT2D eigenvalue weighted by atomic mass is 32.2. The van der Waals surface area contributed by atoms with Crippen molar-refractivity contribution in [3.05, 3.63) is 59.6 Å². The van der Waals surface area contributed by atoms with Gasteiger partial charge in [0.1, 0.15) is 10.8 Å². The molecule has 8 heteroatoms. The molecule has 3 aromatic heterocycles. The molecule has 0 aliphatic heterocycles. The molecule has 0 amide bonds. The number of thiazole rings is 1. The highest BCUT2D eigenvalue weighted by molar-refractivity contribution is 7.98. The summed E-state index contributed by atoms with van der Waals surface area (Å²) in [4.78, 5) is 9.32. The summed E-state index contributed by atoms with van der Waals surface area (Å²) >= 11 is 3.28. The molecule has 27 heavy (non-hydrogen) atoms. The summed E-state index contributed by atoms with van der Waals surface area (Å²) in [6.07, 6.45) is 0. The molecule has 134 valence electrons. The molecule has 0 aliphatic rings. The maximum Gasteiger partial charge on any atom is 0.231 e. The third kappa shape index (κ3) is 2.96. The summed E-state index contributed by atoms with van der Waals surface area (Å²) < 4.78 is 7.35. The third-order valence-electron chi connectivity index (χ3n) is 4.22. The Morgan fingerprint density at radius 1 is 1.15 bits per heavy atom. The number of para-hydroxylation sites is 2. The molecule has 5 rings (SSSR count). The number of hydrogen-bond acceptors (Lipinski definition) is 6. The van der Waals surface area contributed by atoms with E-state index in [2.05, 4.69) is 31.0 Å². The number of nitrogens with zero attached hydrogens (tertiary/aromatic N) is 4. The van der Waals surface area contributed by atoms with Crippen LogP contribution in [0, 0.1) is 0 Å². The van der Waals surface area contributed by atoms with Gasteiger partial charge in [0, 0.05) is 16.7 Å². The molecule has 5 aromatic rings. The van der Waals surface area contributed by atoms with Gasteiger partial charge in [-0.3, -0.25) is 4.40 Å². The van der Waals surface area contributed by atoms with Gasteiger partial charge in [-0.15, -0.1) is 16.4 Å². The molecule has 0 spiro atoms. The second kappa shape index (κ2) is 6.71. The molecule has 0 saturated carbocycles. The lowest BCUT2D eigenvalue weighted by atomic mass is 10.2. The van der Waals surface area contributed by atoms with Gasteiger partial charge in [-0.1, -0.05) is 36.0 Å². The molecule has 2 aromatic carbocycles. The van der Waals surface area contributed by atoms with E-state index in [1.54, 1.807) is 30.2 Å². The Kier molecular flexibility index (Phi) is 4.06. The van der Waals surface area contributed by atoms with Crippen LogP contribution in [0.4, 0.5) is 0 Å². The third-order valence-corrected chi connectivity index (χ3v) is 6.13. The van der Waals surface area contributed by atoms with Crippen molar-refractivity contribution < 1.29 is 4.74 Å². The number of H-pyrrole nitrogens is 1. The molecule has 1 N–H and O–H groups in total. The molecular formula is C19H15N5OS2. The van der Waals surface area contributed by atoms with E-state index in [1.165, 1.54) is 0 Å². The number of hydrogen-bond donors (Lipinski definition) is 1. The minimum Gasteiger partial charge on any atom is -0.497 e. The fourth-order valence-corrected chi connectivity index (χ4v) is 4.71. The van der Waals surface area contributed by atoms with Crippen LogP contribution in [0.15, 0.2) is 59.1 Å². The van der Waals surface area contributed by atoms with E-state index in [0.717, 1.165) is 49.7 Å². The standard InChI is InChI=1S/C19H15N5OS2/c1-25-14-6-4-5-12(9-14)17-20-13(10-26-17)11-27-19-23-22-18-21-15-7-2-3-8-16(15)24(18)19/h2-10H,11H2,1H3,(H,21,22). The molecule has 6 nitrogen and oxygen atoms in total. The highest BCUT2D eigenvalue weighted by Gasteiger charge is 2.13. The van der Waals surface area contributed by atoms with E-state index in [4.69, 9.17) is 9.72 Å². The number of ether oxygens (including phenoxy) is 1. The second-order valence-electron chi connectivity index (χ2n) is 5.93. The van der Waals surface area contributed by atoms with E-state index in [9.17, 15) is 0 Å². The van der Waals surface area contributed by atoms with Gasteiger partial charge < -0.3 is 4.74 Å². The topological polar surface area (TPSA) is 68.1 Å². The van der Waals surface area contributed by atoms with E-state index in [-0.39, 0.29) is 0 Å². The summed E-state index contributed by atoms with van der Waals surface area (Å²) in [6.45, 7) is 0.